The normalized spacial score (nSPS) is 45.5. The van der Waals surface area contributed by atoms with Gasteiger partial charge in [-0.3, -0.25) is 0 Å². The van der Waals surface area contributed by atoms with Crippen LogP contribution in [0, 0.1) is 86.8 Å². The second kappa shape index (κ2) is 19.8. The Morgan fingerprint density at radius 1 is 0.642 bits per heavy atom. The molecule has 9 aliphatic rings. The molecule has 1 aliphatic heterocycles. The fourth-order valence-electron chi connectivity index (χ4n) is 18.3. The Morgan fingerprint density at radius 3 is 1.58 bits per heavy atom. The van der Waals surface area contributed by atoms with Crippen LogP contribution in [0.25, 0.3) is 0 Å². The summed E-state index contributed by atoms with van der Waals surface area (Å²) in [7, 11) is 0. The van der Waals surface area contributed by atoms with Crippen LogP contribution >= 0.6 is 0 Å². The minimum Gasteiger partial charge on any atom is -0.390 e. The molecule has 1 saturated heterocycles. The molecule has 0 amide bonds. The molecular formula is C62H106O5. The Labute approximate surface area is 412 Å². The Bertz CT molecular complexity index is 1770. The molecule has 4 N–H and O–H groups in total. The highest BCUT2D eigenvalue weighted by Gasteiger charge is 2.63. The van der Waals surface area contributed by atoms with Crippen molar-refractivity contribution < 1.29 is 25.2 Å². The average Bonchev–Trinajstić information content (AvgIpc) is 4.04. The predicted molar refractivity (Wildman–Crippen MR) is 279 cm³/mol. The third kappa shape index (κ3) is 10.6. The van der Waals surface area contributed by atoms with Crippen molar-refractivity contribution in [2.75, 3.05) is 13.2 Å². The van der Waals surface area contributed by atoms with Gasteiger partial charge in [0, 0.05) is 13.2 Å². The first-order valence-corrected chi connectivity index (χ1v) is 28.7. The minimum absolute atomic E-state index is 0.249. The lowest BCUT2D eigenvalue weighted by molar-refractivity contribution is -0.0885. The predicted octanol–water partition coefficient (Wildman–Crippen LogP) is 15.0. The fourth-order valence-corrected chi connectivity index (χ4v) is 18.3. The summed E-state index contributed by atoms with van der Waals surface area (Å²) in [5.74, 6) is 8.11. The van der Waals surface area contributed by atoms with Gasteiger partial charge < -0.3 is 25.2 Å². The maximum Gasteiger partial charge on any atom is 0.0682 e. The molecule has 0 bridgehead atoms. The van der Waals surface area contributed by atoms with E-state index in [1.165, 1.54) is 81.8 Å². The molecule has 1 unspecified atom stereocenters. The third-order valence-corrected chi connectivity index (χ3v) is 22.9. The van der Waals surface area contributed by atoms with E-state index in [0.717, 1.165) is 119 Å². The quantitative estimate of drug-likeness (QED) is 0.164. The second-order valence-electron chi connectivity index (χ2n) is 28.1. The van der Waals surface area contributed by atoms with E-state index < -0.39 is 22.4 Å². The van der Waals surface area contributed by atoms with Crippen LogP contribution in [0.2, 0.25) is 0 Å². The van der Waals surface area contributed by atoms with Crippen LogP contribution in [0.15, 0.2) is 35.5 Å². The van der Waals surface area contributed by atoms with E-state index in [9.17, 15) is 20.4 Å². The number of allylic oxidation sites excluding steroid dienone is 3. The SMILES string of the molecule is C1CCOC1.C=C1C=C2C[C@](O)(CC)CC[C@]2(C)[C@H]2CC[C@]3(C)[C@@H]([C@H](C)CCC(C)(C)O)CC[C@H]3[C@H]12.CC[C@]1(O)CC[C@@]2(C)C(=CC(C)[C@H]3[C@@H]4CC[C@H]([C@H](C)CCC(C)(C)O)[C@@]4(C)CC[C@@H]32)C1. The second-order valence-corrected chi connectivity index (χ2v) is 28.1. The van der Waals surface area contributed by atoms with Gasteiger partial charge in [0.05, 0.1) is 22.4 Å². The summed E-state index contributed by atoms with van der Waals surface area (Å²) < 4.78 is 4.94. The van der Waals surface area contributed by atoms with E-state index in [-0.39, 0.29) is 5.41 Å². The molecule has 67 heavy (non-hydrogen) atoms. The molecule has 0 radical (unpaired) electrons. The number of hydrogen-bond donors (Lipinski definition) is 4. The van der Waals surface area contributed by atoms with Gasteiger partial charge in [-0.05, 0) is 256 Å². The molecular weight excluding hydrogens is 825 g/mol. The van der Waals surface area contributed by atoms with Gasteiger partial charge in [0.25, 0.3) is 0 Å². The van der Waals surface area contributed by atoms with Gasteiger partial charge in [-0.2, -0.15) is 0 Å². The van der Waals surface area contributed by atoms with Crippen LogP contribution in [0.5, 0.6) is 0 Å². The molecule has 8 aliphatic carbocycles. The summed E-state index contributed by atoms with van der Waals surface area (Å²) in [6, 6.07) is 0. The standard InChI is InChI=1S/C29H50O2.C29H48O2.C4H8O/c2*1-8-29(31)16-15-27(6)21(18-29)17-20(3)25-23-10-9-22(19(2)11-13-26(4,5)30)28(23,7)14-12-24(25)27;1-2-4-5-3-1/h17,19-20,22-25,30-31H,8-16,18H2,1-7H3;17,19,22-25,30-31H,3,8-16,18H2,1-2,4-7H3;1-4H2/t19-,20?,22-,23+,24+,25+,27+,28-,29+;19-,22-,23+,24+,25+,27+,28-,29+;/m11./s1. The molecule has 1 heterocycles. The first-order valence-electron chi connectivity index (χ1n) is 28.7. The van der Waals surface area contributed by atoms with Crippen molar-refractivity contribution in [2.24, 2.45) is 86.8 Å². The fraction of sp³-hybridized carbons (Fsp3) is 0.903. The summed E-state index contributed by atoms with van der Waals surface area (Å²) in [6.07, 6.45) is 30.3. The van der Waals surface area contributed by atoms with Gasteiger partial charge in [-0.15, -0.1) is 0 Å². The van der Waals surface area contributed by atoms with Crippen LogP contribution in [0.1, 0.15) is 231 Å². The van der Waals surface area contributed by atoms with E-state index in [0.29, 0.717) is 45.8 Å². The molecule has 9 rings (SSSR count). The molecule has 7 fully saturated rings. The summed E-state index contributed by atoms with van der Waals surface area (Å²) in [5, 5.41) is 42.6. The highest BCUT2D eigenvalue weighted by molar-refractivity contribution is 5.38. The molecule has 0 aromatic carbocycles. The smallest absolute Gasteiger partial charge is 0.0682 e. The monoisotopic (exact) mass is 931 g/mol. The van der Waals surface area contributed by atoms with Crippen molar-refractivity contribution in [3.63, 3.8) is 0 Å². The van der Waals surface area contributed by atoms with E-state index in [1.54, 1.807) is 5.57 Å². The molecule has 6 saturated carbocycles. The topological polar surface area (TPSA) is 90.2 Å². The summed E-state index contributed by atoms with van der Waals surface area (Å²) >= 11 is 0. The zero-order valence-electron chi connectivity index (χ0n) is 45.9. The van der Waals surface area contributed by atoms with Crippen molar-refractivity contribution in [1.82, 2.24) is 0 Å². The summed E-state index contributed by atoms with van der Waals surface area (Å²) in [4.78, 5) is 0. The average molecular weight is 932 g/mol. The van der Waals surface area contributed by atoms with E-state index in [2.05, 4.69) is 81.0 Å². The van der Waals surface area contributed by atoms with Gasteiger partial charge in [0.2, 0.25) is 0 Å². The van der Waals surface area contributed by atoms with Crippen molar-refractivity contribution >= 4 is 0 Å². The number of hydrogen-bond acceptors (Lipinski definition) is 5. The van der Waals surface area contributed by atoms with Crippen molar-refractivity contribution in [1.29, 1.82) is 0 Å². The van der Waals surface area contributed by atoms with Crippen molar-refractivity contribution in [2.45, 2.75) is 254 Å². The van der Waals surface area contributed by atoms with E-state index in [1.807, 2.05) is 27.7 Å². The maximum atomic E-state index is 11.1. The van der Waals surface area contributed by atoms with Gasteiger partial charge in [-0.25, -0.2) is 0 Å². The maximum absolute atomic E-state index is 11.1. The molecule has 5 nitrogen and oxygen atoms in total. The molecule has 0 aromatic rings. The van der Waals surface area contributed by atoms with Crippen molar-refractivity contribution in [3.05, 3.63) is 35.5 Å². The Kier molecular flexibility index (Phi) is 15.9. The minimum atomic E-state index is -0.556. The van der Waals surface area contributed by atoms with E-state index >= 15 is 0 Å². The first-order chi connectivity index (χ1) is 31.2. The number of aliphatic hydroxyl groups is 4. The number of fused-ring (bicyclic) bond motifs is 10. The van der Waals surface area contributed by atoms with E-state index in [4.69, 9.17) is 4.74 Å². The lowest BCUT2D eigenvalue weighted by Gasteiger charge is -2.61. The first kappa shape index (κ1) is 53.8. The summed E-state index contributed by atoms with van der Waals surface area (Å²) in [6.45, 7) is 36.4. The number of rotatable bonds is 10. The molecule has 0 aromatic heterocycles. The van der Waals surface area contributed by atoms with Gasteiger partial charge in [0.1, 0.15) is 0 Å². The van der Waals surface area contributed by atoms with Gasteiger partial charge in [0.15, 0.2) is 0 Å². The lowest BCUT2D eigenvalue weighted by atomic mass is 9.44. The zero-order valence-corrected chi connectivity index (χ0v) is 45.9. The largest absolute Gasteiger partial charge is 0.390 e. The highest BCUT2D eigenvalue weighted by Crippen LogP contribution is 2.70. The molecule has 5 heteroatoms. The van der Waals surface area contributed by atoms with Gasteiger partial charge in [-0.1, -0.05) is 97.8 Å². The molecule has 17 atom stereocenters. The van der Waals surface area contributed by atoms with Crippen LogP contribution in [0.3, 0.4) is 0 Å². The van der Waals surface area contributed by atoms with Gasteiger partial charge >= 0.3 is 0 Å². The highest BCUT2D eigenvalue weighted by atomic mass is 16.5. The molecule has 384 valence electrons. The molecule has 0 spiro atoms. The van der Waals surface area contributed by atoms with Crippen LogP contribution in [0.4, 0.5) is 0 Å². The lowest BCUT2D eigenvalue weighted by Crippen LogP contribution is -2.54. The Hall–Kier alpha value is -0.980. The van der Waals surface area contributed by atoms with Crippen LogP contribution < -0.4 is 0 Å². The zero-order chi connectivity index (χ0) is 49.2. The third-order valence-electron chi connectivity index (χ3n) is 22.9. The van der Waals surface area contributed by atoms with Crippen LogP contribution in [-0.2, 0) is 4.74 Å². The summed E-state index contributed by atoms with van der Waals surface area (Å²) in [5.41, 5.74) is 3.81. The Morgan fingerprint density at radius 2 is 1.10 bits per heavy atom. The van der Waals surface area contributed by atoms with Crippen molar-refractivity contribution in [3.8, 4) is 0 Å². The van der Waals surface area contributed by atoms with Crippen LogP contribution in [-0.4, -0.2) is 56.0 Å². The Balaban J connectivity index is 0.000000180. The number of ether oxygens (including phenoxy) is 1.